The summed E-state index contributed by atoms with van der Waals surface area (Å²) in [5.74, 6) is 0. The summed E-state index contributed by atoms with van der Waals surface area (Å²) < 4.78 is 6.19. The van der Waals surface area contributed by atoms with Gasteiger partial charge < -0.3 is 15.4 Å². The average molecular weight is 465 g/mol. The lowest BCUT2D eigenvalue weighted by Gasteiger charge is -2.23. The first kappa shape index (κ1) is 24.6. The SMILES string of the molecule is Cc1ccc(CNc2ccccc2N[C@H](COCc2ccc(C)cc2)Cc2ccc(C)cc2)cc1. The van der Waals surface area contributed by atoms with Gasteiger partial charge in [-0.05, 0) is 56.0 Å². The third-order valence-corrected chi connectivity index (χ3v) is 6.20. The Bertz CT molecular complexity index is 1180. The molecule has 3 heteroatoms. The molecule has 180 valence electrons. The third-order valence-electron chi connectivity index (χ3n) is 6.20. The Balaban J connectivity index is 1.44. The van der Waals surface area contributed by atoms with Crippen molar-refractivity contribution in [1.29, 1.82) is 0 Å². The fourth-order valence-corrected chi connectivity index (χ4v) is 4.05. The highest BCUT2D eigenvalue weighted by Gasteiger charge is 2.13. The summed E-state index contributed by atoms with van der Waals surface area (Å²) in [4.78, 5) is 0. The van der Waals surface area contributed by atoms with Gasteiger partial charge >= 0.3 is 0 Å². The third kappa shape index (κ3) is 7.73. The molecule has 0 aliphatic heterocycles. The standard InChI is InChI=1S/C32H36N2O/c1-24-8-14-27(15-9-24)20-30(23-35-22-29-18-12-26(3)13-19-29)34-32-7-5-4-6-31(32)33-21-28-16-10-25(2)11-17-28/h4-19,30,33-34H,20-23H2,1-3H3/t30-/m0/s1. The molecule has 0 heterocycles. The van der Waals surface area contributed by atoms with Gasteiger partial charge in [-0.25, -0.2) is 0 Å². The average Bonchev–Trinajstić information content (AvgIpc) is 2.87. The van der Waals surface area contributed by atoms with Crippen LogP contribution in [0.3, 0.4) is 0 Å². The Morgan fingerprint density at radius 2 is 1.11 bits per heavy atom. The summed E-state index contributed by atoms with van der Waals surface area (Å²) in [6, 6.07) is 34.6. The largest absolute Gasteiger partial charge is 0.379 e. The van der Waals surface area contributed by atoms with Crippen molar-refractivity contribution in [3.8, 4) is 0 Å². The molecule has 0 fully saturated rings. The molecule has 0 amide bonds. The topological polar surface area (TPSA) is 33.3 Å². The van der Waals surface area contributed by atoms with Crippen LogP contribution in [0.2, 0.25) is 0 Å². The van der Waals surface area contributed by atoms with Gasteiger partial charge in [0.15, 0.2) is 0 Å². The lowest BCUT2D eigenvalue weighted by Crippen LogP contribution is -2.28. The van der Waals surface area contributed by atoms with Gasteiger partial charge in [-0.15, -0.1) is 0 Å². The zero-order chi connectivity index (χ0) is 24.5. The van der Waals surface area contributed by atoms with E-state index < -0.39 is 0 Å². The molecule has 1 atom stereocenters. The molecular formula is C32H36N2O. The first-order chi connectivity index (χ1) is 17.0. The smallest absolute Gasteiger partial charge is 0.0717 e. The maximum Gasteiger partial charge on any atom is 0.0717 e. The summed E-state index contributed by atoms with van der Waals surface area (Å²) in [5, 5.41) is 7.37. The molecule has 4 aromatic carbocycles. The second kappa shape index (κ2) is 12.2. The molecule has 0 aromatic heterocycles. The van der Waals surface area contributed by atoms with Crippen LogP contribution in [-0.2, 0) is 24.3 Å². The molecule has 0 aliphatic carbocycles. The number of aryl methyl sites for hydroxylation is 3. The normalized spacial score (nSPS) is 11.7. The van der Waals surface area contributed by atoms with E-state index in [2.05, 4.69) is 128 Å². The van der Waals surface area contributed by atoms with Crippen molar-refractivity contribution in [1.82, 2.24) is 0 Å². The van der Waals surface area contributed by atoms with E-state index in [0.29, 0.717) is 13.2 Å². The number of hydrogen-bond acceptors (Lipinski definition) is 3. The summed E-state index contributed by atoms with van der Waals surface area (Å²) in [6.45, 7) is 8.36. The van der Waals surface area contributed by atoms with Crippen LogP contribution in [0.4, 0.5) is 11.4 Å². The maximum atomic E-state index is 6.19. The van der Waals surface area contributed by atoms with Crippen LogP contribution in [0.15, 0.2) is 97.1 Å². The van der Waals surface area contributed by atoms with Gasteiger partial charge in [0, 0.05) is 6.54 Å². The zero-order valence-corrected chi connectivity index (χ0v) is 21.1. The highest BCUT2D eigenvalue weighted by Crippen LogP contribution is 2.24. The molecule has 35 heavy (non-hydrogen) atoms. The maximum absolute atomic E-state index is 6.19. The summed E-state index contributed by atoms with van der Waals surface area (Å²) >= 11 is 0. The molecule has 0 saturated heterocycles. The second-order valence-corrected chi connectivity index (χ2v) is 9.42. The molecule has 3 nitrogen and oxygen atoms in total. The first-order valence-corrected chi connectivity index (χ1v) is 12.4. The van der Waals surface area contributed by atoms with Gasteiger partial charge in [0.25, 0.3) is 0 Å². The molecule has 0 spiro atoms. The van der Waals surface area contributed by atoms with Crippen LogP contribution >= 0.6 is 0 Å². The molecule has 0 aliphatic rings. The van der Waals surface area contributed by atoms with E-state index >= 15 is 0 Å². The van der Waals surface area contributed by atoms with E-state index in [-0.39, 0.29) is 6.04 Å². The van der Waals surface area contributed by atoms with Crippen molar-refractivity contribution in [3.63, 3.8) is 0 Å². The van der Waals surface area contributed by atoms with E-state index in [1.165, 1.54) is 33.4 Å². The van der Waals surface area contributed by atoms with Crippen molar-refractivity contribution in [2.45, 2.75) is 46.4 Å². The van der Waals surface area contributed by atoms with Gasteiger partial charge in [-0.1, -0.05) is 102 Å². The number of anilines is 2. The predicted octanol–water partition coefficient (Wildman–Crippen LogP) is 7.46. The molecular weight excluding hydrogens is 428 g/mol. The van der Waals surface area contributed by atoms with Gasteiger partial charge in [0.1, 0.15) is 0 Å². The van der Waals surface area contributed by atoms with E-state index in [1.54, 1.807) is 0 Å². The number of rotatable bonds is 11. The van der Waals surface area contributed by atoms with Crippen molar-refractivity contribution < 1.29 is 4.74 Å². The molecule has 4 rings (SSSR count). The van der Waals surface area contributed by atoms with Crippen LogP contribution in [0.5, 0.6) is 0 Å². The van der Waals surface area contributed by atoms with Crippen LogP contribution in [0, 0.1) is 20.8 Å². The Hall–Kier alpha value is -3.56. The molecule has 0 saturated carbocycles. The Labute approximate surface area is 210 Å². The van der Waals surface area contributed by atoms with Crippen LogP contribution in [0.25, 0.3) is 0 Å². The van der Waals surface area contributed by atoms with Crippen LogP contribution in [0.1, 0.15) is 33.4 Å². The Kier molecular flexibility index (Phi) is 8.58. The molecule has 0 unspecified atom stereocenters. The van der Waals surface area contributed by atoms with E-state index in [0.717, 1.165) is 24.3 Å². The number of hydrogen-bond donors (Lipinski definition) is 2. The lowest BCUT2D eigenvalue weighted by molar-refractivity contribution is 0.112. The summed E-state index contributed by atoms with van der Waals surface area (Å²) in [5.41, 5.74) is 9.78. The van der Waals surface area contributed by atoms with E-state index in [4.69, 9.17) is 4.74 Å². The quantitative estimate of drug-likeness (QED) is 0.242. The number of para-hydroxylation sites is 2. The number of nitrogens with one attached hydrogen (secondary N) is 2. The van der Waals surface area contributed by atoms with Crippen molar-refractivity contribution in [3.05, 3.63) is 130 Å². The minimum atomic E-state index is 0.144. The van der Waals surface area contributed by atoms with E-state index in [1.807, 2.05) is 0 Å². The highest BCUT2D eigenvalue weighted by atomic mass is 16.5. The number of benzene rings is 4. The molecule has 0 bridgehead atoms. The Morgan fingerprint density at radius 3 is 1.71 bits per heavy atom. The predicted molar refractivity (Wildman–Crippen MR) is 148 cm³/mol. The van der Waals surface area contributed by atoms with Gasteiger partial charge in [-0.2, -0.15) is 0 Å². The lowest BCUT2D eigenvalue weighted by atomic mass is 10.0. The Morgan fingerprint density at radius 1 is 0.600 bits per heavy atom. The van der Waals surface area contributed by atoms with Crippen LogP contribution in [-0.4, -0.2) is 12.6 Å². The van der Waals surface area contributed by atoms with E-state index in [9.17, 15) is 0 Å². The first-order valence-electron chi connectivity index (χ1n) is 12.4. The van der Waals surface area contributed by atoms with Crippen molar-refractivity contribution >= 4 is 11.4 Å². The minimum Gasteiger partial charge on any atom is -0.379 e. The minimum absolute atomic E-state index is 0.144. The van der Waals surface area contributed by atoms with Gasteiger partial charge in [0.05, 0.1) is 30.6 Å². The van der Waals surface area contributed by atoms with Crippen LogP contribution < -0.4 is 10.6 Å². The highest BCUT2D eigenvalue weighted by molar-refractivity contribution is 5.69. The second-order valence-electron chi connectivity index (χ2n) is 9.42. The zero-order valence-electron chi connectivity index (χ0n) is 21.1. The number of ether oxygens (including phenoxy) is 1. The van der Waals surface area contributed by atoms with Gasteiger partial charge in [-0.3, -0.25) is 0 Å². The monoisotopic (exact) mass is 464 g/mol. The van der Waals surface area contributed by atoms with Crippen molar-refractivity contribution in [2.24, 2.45) is 0 Å². The fraction of sp³-hybridized carbons (Fsp3) is 0.250. The molecule has 0 radical (unpaired) electrons. The van der Waals surface area contributed by atoms with Gasteiger partial charge in [0.2, 0.25) is 0 Å². The molecule has 2 N–H and O–H groups in total. The van der Waals surface area contributed by atoms with Crippen molar-refractivity contribution in [2.75, 3.05) is 17.2 Å². The molecule has 4 aromatic rings. The summed E-state index contributed by atoms with van der Waals surface area (Å²) in [7, 11) is 0. The summed E-state index contributed by atoms with van der Waals surface area (Å²) in [6.07, 6.45) is 0.889. The fourth-order valence-electron chi connectivity index (χ4n) is 4.05.